The Labute approximate surface area is 117 Å². The number of nitrogens with zero attached hydrogens (tertiary/aromatic N) is 1. The van der Waals surface area contributed by atoms with Crippen LogP contribution in [0.2, 0.25) is 0 Å². The first kappa shape index (κ1) is 14.8. The van der Waals surface area contributed by atoms with Gasteiger partial charge in [0.1, 0.15) is 0 Å². The van der Waals surface area contributed by atoms with Crippen molar-refractivity contribution in [3.8, 4) is 0 Å². The highest BCUT2D eigenvalue weighted by atomic mass is 16.2. The number of nitrogens with one attached hydrogen (secondary N) is 2. The first-order chi connectivity index (χ1) is 9.09. The maximum atomic E-state index is 12.2. The number of rotatable bonds is 7. The molecular formula is C15H29N3O. The Morgan fingerprint density at radius 3 is 2.37 bits per heavy atom. The Morgan fingerprint density at radius 1 is 1.16 bits per heavy atom. The molecule has 0 aromatic carbocycles. The molecule has 2 N–H and O–H groups in total. The quantitative estimate of drug-likeness (QED) is 0.687. The van der Waals surface area contributed by atoms with Crippen LogP contribution in [0.3, 0.4) is 0 Å². The van der Waals surface area contributed by atoms with Gasteiger partial charge >= 0.3 is 0 Å². The molecule has 1 aliphatic carbocycles. The largest absolute Gasteiger partial charge is 0.355 e. The molecule has 1 aliphatic heterocycles. The van der Waals surface area contributed by atoms with Gasteiger partial charge in [0.2, 0.25) is 5.91 Å². The molecule has 1 heterocycles. The summed E-state index contributed by atoms with van der Waals surface area (Å²) in [4.78, 5) is 14.5. The third-order valence-corrected chi connectivity index (χ3v) is 4.51. The molecule has 0 aromatic rings. The summed E-state index contributed by atoms with van der Waals surface area (Å²) in [5.41, 5.74) is 0. The minimum absolute atomic E-state index is 0.00360. The monoisotopic (exact) mass is 267 g/mol. The van der Waals surface area contributed by atoms with Gasteiger partial charge < -0.3 is 10.6 Å². The molecular weight excluding hydrogens is 238 g/mol. The molecule has 110 valence electrons. The van der Waals surface area contributed by atoms with Crippen molar-refractivity contribution in [1.29, 1.82) is 0 Å². The highest BCUT2D eigenvalue weighted by Crippen LogP contribution is 2.25. The summed E-state index contributed by atoms with van der Waals surface area (Å²) in [7, 11) is 0. The lowest BCUT2D eigenvalue weighted by atomic mass is 10.2. The summed E-state index contributed by atoms with van der Waals surface area (Å²) >= 11 is 0. The average molecular weight is 267 g/mol. The predicted octanol–water partition coefficient (Wildman–Crippen LogP) is 1.51. The fourth-order valence-corrected chi connectivity index (χ4v) is 3.16. The summed E-state index contributed by atoms with van der Waals surface area (Å²) in [6, 6.07) is 1.84. The lowest BCUT2D eigenvalue weighted by molar-refractivity contribution is -0.126. The van der Waals surface area contributed by atoms with Gasteiger partial charge in [0.05, 0.1) is 6.04 Å². The van der Waals surface area contributed by atoms with Crippen LogP contribution in [0.5, 0.6) is 0 Å². The smallest absolute Gasteiger partial charge is 0.237 e. The summed E-state index contributed by atoms with van der Waals surface area (Å²) in [5, 5.41) is 6.54. The first-order valence-corrected chi connectivity index (χ1v) is 7.88. The van der Waals surface area contributed by atoms with Gasteiger partial charge in [-0.1, -0.05) is 0 Å². The van der Waals surface area contributed by atoms with Crippen molar-refractivity contribution in [3.05, 3.63) is 0 Å². The van der Waals surface area contributed by atoms with E-state index in [9.17, 15) is 4.79 Å². The van der Waals surface area contributed by atoms with Gasteiger partial charge in [0.15, 0.2) is 0 Å². The molecule has 2 fully saturated rings. The molecule has 1 amide bonds. The van der Waals surface area contributed by atoms with Crippen LogP contribution in [0.25, 0.3) is 0 Å². The molecule has 4 nitrogen and oxygen atoms in total. The van der Waals surface area contributed by atoms with Crippen molar-refractivity contribution in [3.63, 3.8) is 0 Å². The molecule has 19 heavy (non-hydrogen) atoms. The maximum Gasteiger partial charge on any atom is 0.237 e. The Balaban J connectivity index is 1.63. The second-order valence-electron chi connectivity index (χ2n) is 6.27. The number of carbonyl (C=O) groups excluding carboxylic acids is 1. The zero-order valence-corrected chi connectivity index (χ0v) is 12.6. The third kappa shape index (κ3) is 4.18. The summed E-state index contributed by atoms with van der Waals surface area (Å²) in [6.07, 6.45) is 6.11. The zero-order valence-electron chi connectivity index (χ0n) is 12.6. The van der Waals surface area contributed by atoms with E-state index in [2.05, 4.69) is 29.4 Å². The molecule has 2 rings (SSSR count). The van der Waals surface area contributed by atoms with Crippen molar-refractivity contribution in [2.24, 2.45) is 0 Å². The zero-order chi connectivity index (χ0) is 13.8. The minimum Gasteiger partial charge on any atom is -0.355 e. The standard InChI is InChI=1S/C15H29N3O/c1-11-5-6-12(2)18(11)13(3)15(19)17-10-4-9-16-14-7-8-14/h11-14,16H,4-10H2,1-3H3,(H,17,19). The topological polar surface area (TPSA) is 44.4 Å². The highest BCUT2D eigenvalue weighted by molar-refractivity contribution is 5.81. The van der Waals surface area contributed by atoms with Gasteiger partial charge in [0.25, 0.3) is 0 Å². The van der Waals surface area contributed by atoms with Crippen LogP contribution in [0, 0.1) is 0 Å². The normalized spacial score (nSPS) is 29.4. The lowest BCUT2D eigenvalue weighted by Crippen LogP contribution is -2.49. The average Bonchev–Trinajstić information content (AvgIpc) is 3.14. The van der Waals surface area contributed by atoms with E-state index in [1.165, 1.54) is 25.7 Å². The van der Waals surface area contributed by atoms with E-state index in [4.69, 9.17) is 0 Å². The van der Waals surface area contributed by atoms with Crippen LogP contribution in [-0.4, -0.2) is 48.1 Å². The Bertz CT molecular complexity index is 294. The van der Waals surface area contributed by atoms with Crippen molar-refractivity contribution in [2.45, 2.75) is 77.0 Å². The van der Waals surface area contributed by atoms with Crippen molar-refractivity contribution in [2.75, 3.05) is 13.1 Å². The fourth-order valence-electron chi connectivity index (χ4n) is 3.16. The molecule has 3 unspecified atom stereocenters. The van der Waals surface area contributed by atoms with Gasteiger partial charge in [-0.2, -0.15) is 0 Å². The second kappa shape index (κ2) is 6.71. The lowest BCUT2D eigenvalue weighted by Gasteiger charge is -2.31. The molecule has 3 atom stereocenters. The molecule has 1 saturated heterocycles. The number of hydrogen-bond acceptors (Lipinski definition) is 3. The summed E-state index contributed by atoms with van der Waals surface area (Å²) < 4.78 is 0. The molecule has 4 heteroatoms. The summed E-state index contributed by atoms with van der Waals surface area (Å²) in [5.74, 6) is 0.187. The van der Waals surface area contributed by atoms with E-state index >= 15 is 0 Å². The number of amides is 1. The number of likely N-dealkylation sites (tertiary alicyclic amines) is 1. The van der Waals surface area contributed by atoms with Crippen LogP contribution in [0.15, 0.2) is 0 Å². The van der Waals surface area contributed by atoms with E-state index in [1.54, 1.807) is 0 Å². The molecule has 2 aliphatic rings. The Hall–Kier alpha value is -0.610. The van der Waals surface area contributed by atoms with Crippen molar-refractivity contribution < 1.29 is 4.79 Å². The minimum atomic E-state index is 0.00360. The number of hydrogen-bond donors (Lipinski definition) is 2. The van der Waals surface area contributed by atoms with Crippen LogP contribution < -0.4 is 10.6 Å². The van der Waals surface area contributed by atoms with Gasteiger partial charge in [0, 0.05) is 24.7 Å². The SMILES string of the molecule is CC1CCC(C)N1C(C)C(=O)NCCCNC1CC1. The van der Waals surface area contributed by atoms with E-state index in [-0.39, 0.29) is 11.9 Å². The van der Waals surface area contributed by atoms with E-state index in [0.29, 0.717) is 12.1 Å². The Kier molecular flexibility index (Phi) is 5.22. The third-order valence-electron chi connectivity index (χ3n) is 4.51. The van der Waals surface area contributed by atoms with Crippen LogP contribution >= 0.6 is 0 Å². The van der Waals surface area contributed by atoms with Crippen molar-refractivity contribution in [1.82, 2.24) is 15.5 Å². The van der Waals surface area contributed by atoms with Gasteiger partial charge in [-0.05, 0) is 59.4 Å². The molecule has 1 saturated carbocycles. The van der Waals surface area contributed by atoms with Gasteiger partial charge in [-0.25, -0.2) is 0 Å². The van der Waals surface area contributed by atoms with E-state index < -0.39 is 0 Å². The fraction of sp³-hybridized carbons (Fsp3) is 0.933. The molecule has 0 aromatic heterocycles. The maximum absolute atomic E-state index is 12.2. The molecule has 0 radical (unpaired) electrons. The first-order valence-electron chi connectivity index (χ1n) is 7.88. The predicted molar refractivity (Wildman–Crippen MR) is 78.1 cm³/mol. The highest BCUT2D eigenvalue weighted by Gasteiger charge is 2.34. The van der Waals surface area contributed by atoms with E-state index in [1.807, 2.05) is 6.92 Å². The van der Waals surface area contributed by atoms with Crippen LogP contribution in [0.1, 0.15) is 52.9 Å². The van der Waals surface area contributed by atoms with Crippen LogP contribution in [-0.2, 0) is 4.79 Å². The summed E-state index contributed by atoms with van der Waals surface area (Å²) in [6.45, 7) is 8.31. The molecule has 0 bridgehead atoms. The van der Waals surface area contributed by atoms with Crippen LogP contribution in [0.4, 0.5) is 0 Å². The van der Waals surface area contributed by atoms with E-state index in [0.717, 1.165) is 25.6 Å². The second-order valence-corrected chi connectivity index (χ2v) is 6.27. The Morgan fingerprint density at radius 2 is 1.79 bits per heavy atom. The molecule has 0 spiro atoms. The van der Waals surface area contributed by atoms with Gasteiger partial charge in [-0.15, -0.1) is 0 Å². The number of carbonyl (C=O) groups is 1. The van der Waals surface area contributed by atoms with Gasteiger partial charge in [-0.3, -0.25) is 9.69 Å². The van der Waals surface area contributed by atoms with Crippen molar-refractivity contribution >= 4 is 5.91 Å².